The van der Waals surface area contributed by atoms with Crippen LogP contribution in [0.4, 0.5) is 5.69 Å². The molecule has 0 spiro atoms. The van der Waals surface area contributed by atoms with Crippen LogP contribution in [0, 0.1) is 0 Å². The summed E-state index contributed by atoms with van der Waals surface area (Å²) < 4.78 is 0. The summed E-state index contributed by atoms with van der Waals surface area (Å²) in [5.41, 5.74) is 6.08. The van der Waals surface area contributed by atoms with Crippen molar-refractivity contribution in [2.45, 2.75) is 64.0 Å². The molecule has 1 aromatic rings. The number of amides is 5. The summed E-state index contributed by atoms with van der Waals surface area (Å²) in [5, 5.41) is 13.3. The highest BCUT2D eigenvalue weighted by Crippen LogP contribution is 2.34. The molecule has 0 radical (unpaired) electrons. The number of hydrogen-bond acceptors (Lipinski definition) is 6. The molecule has 31 heavy (non-hydrogen) atoms. The third kappa shape index (κ3) is 5.08. The molecule has 0 aliphatic carbocycles. The molecule has 1 fully saturated rings. The maximum atomic E-state index is 12.8. The molecule has 1 atom stereocenters. The maximum Gasteiger partial charge on any atom is 0.255 e. The third-order valence-electron chi connectivity index (χ3n) is 5.59. The predicted molar refractivity (Wildman–Crippen MR) is 109 cm³/mol. The Hall–Kier alpha value is -3.27. The van der Waals surface area contributed by atoms with E-state index in [2.05, 4.69) is 5.32 Å². The number of rotatable bonds is 9. The van der Waals surface area contributed by atoms with Crippen molar-refractivity contribution in [3.8, 4) is 0 Å². The van der Waals surface area contributed by atoms with Crippen molar-refractivity contribution in [3.63, 3.8) is 0 Å². The molecule has 2 heterocycles. The number of piperidine rings is 1. The summed E-state index contributed by atoms with van der Waals surface area (Å²) >= 11 is 0. The van der Waals surface area contributed by atoms with E-state index in [-0.39, 0.29) is 49.2 Å². The molecule has 10 nitrogen and oxygen atoms in total. The highest BCUT2D eigenvalue weighted by atomic mass is 16.5. The van der Waals surface area contributed by atoms with Crippen LogP contribution in [0.1, 0.15) is 67.3 Å². The average Bonchev–Trinajstić information content (AvgIpc) is 3.06. The van der Waals surface area contributed by atoms with Gasteiger partial charge in [0.2, 0.25) is 17.7 Å². The smallest absolute Gasteiger partial charge is 0.255 e. The van der Waals surface area contributed by atoms with Crippen LogP contribution >= 0.6 is 0 Å². The number of nitrogens with zero attached hydrogens (tertiary/aromatic N) is 2. The predicted octanol–water partition coefficient (Wildman–Crippen LogP) is 0.996. The number of nitrogens with one attached hydrogen (secondary N) is 1. The molecule has 1 saturated heterocycles. The molecular weight excluding hydrogens is 404 g/mol. The molecule has 1 unspecified atom stereocenters. The Morgan fingerprint density at radius 3 is 2.52 bits per heavy atom. The molecule has 0 aromatic heterocycles. The molecule has 2 aliphatic rings. The summed E-state index contributed by atoms with van der Waals surface area (Å²) in [6, 6.07) is 3.93. The number of anilines is 1. The Morgan fingerprint density at radius 2 is 1.84 bits per heavy atom. The zero-order chi connectivity index (χ0) is 22.5. The SMILES string of the molecule is NC(=O)CCCCCCC(=O)N(O)c1cccc2c1CN(C1CCC(=O)NC1=O)C2=O. The minimum atomic E-state index is -0.770. The van der Waals surface area contributed by atoms with Gasteiger partial charge in [-0.25, -0.2) is 0 Å². The van der Waals surface area contributed by atoms with Crippen molar-refractivity contribution in [3.05, 3.63) is 29.3 Å². The first kappa shape index (κ1) is 22.4. The van der Waals surface area contributed by atoms with E-state index in [0.717, 1.165) is 12.8 Å². The number of hydroxylamine groups is 1. The van der Waals surface area contributed by atoms with E-state index in [0.29, 0.717) is 35.5 Å². The van der Waals surface area contributed by atoms with Gasteiger partial charge in [0.25, 0.3) is 11.8 Å². The molecule has 3 rings (SSSR count). The molecule has 10 heteroatoms. The molecular formula is C21H26N4O6. The topological polar surface area (TPSA) is 150 Å². The fourth-order valence-corrected chi connectivity index (χ4v) is 3.94. The number of primary amides is 1. The van der Waals surface area contributed by atoms with Crippen LogP contribution in [0.2, 0.25) is 0 Å². The highest BCUT2D eigenvalue weighted by molar-refractivity contribution is 6.06. The van der Waals surface area contributed by atoms with Crippen LogP contribution in [-0.4, -0.2) is 45.7 Å². The summed E-state index contributed by atoms with van der Waals surface area (Å²) in [7, 11) is 0. The van der Waals surface area contributed by atoms with E-state index < -0.39 is 17.9 Å². The normalized spacial score (nSPS) is 18.0. The van der Waals surface area contributed by atoms with E-state index in [1.165, 1.54) is 4.90 Å². The quantitative estimate of drug-likeness (QED) is 0.230. The number of carbonyl (C=O) groups is 5. The number of carbonyl (C=O) groups excluding carboxylic acids is 5. The lowest BCUT2D eigenvalue weighted by molar-refractivity contribution is -0.137. The van der Waals surface area contributed by atoms with E-state index in [1.54, 1.807) is 18.2 Å². The van der Waals surface area contributed by atoms with Crippen LogP contribution in [0.5, 0.6) is 0 Å². The fraction of sp³-hybridized carbons (Fsp3) is 0.476. The van der Waals surface area contributed by atoms with Gasteiger partial charge in [-0.3, -0.25) is 34.5 Å². The van der Waals surface area contributed by atoms with Crippen LogP contribution in [0.15, 0.2) is 18.2 Å². The number of fused-ring (bicyclic) bond motifs is 1. The lowest BCUT2D eigenvalue weighted by atomic mass is 10.0. The zero-order valence-corrected chi connectivity index (χ0v) is 17.1. The van der Waals surface area contributed by atoms with Crippen molar-refractivity contribution in [1.82, 2.24) is 10.2 Å². The first-order chi connectivity index (χ1) is 14.8. The number of unbranched alkanes of at least 4 members (excludes halogenated alkanes) is 3. The standard InChI is InChI=1S/C21H26N4O6/c22-17(26)8-3-1-2-4-9-19(28)25(31)15-7-5-6-13-14(15)12-24(21(13)30)16-10-11-18(27)23-20(16)29/h5-7,16,31H,1-4,8-12H2,(H2,22,26)(H,23,27,29). The number of benzene rings is 1. The second kappa shape index (κ2) is 9.69. The van der Waals surface area contributed by atoms with Crippen molar-refractivity contribution in [2.75, 3.05) is 5.06 Å². The minimum Gasteiger partial charge on any atom is -0.370 e. The lowest BCUT2D eigenvalue weighted by Gasteiger charge is -2.29. The monoisotopic (exact) mass is 430 g/mol. The Kier molecular flexibility index (Phi) is 7.01. The first-order valence-electron chi connectivity index (χ1n) is 10.4. The van der Waals surface area contributed by atoms with Gasteiger partial charge in [-0.1, -0.05) is 18.9 Å². The summed E-state index contributed by atoms with van der Waals surface area (Å²) in [4.78, 5) is 60.9. The van der Waals surface area contributed by atoms with Crippen LogP contribution in [0.25, 0.3) is 0 Å². The third-order valence-corrected chi connectivity index (χ3v) is 5.59. The summed E-state index contributed by atoms with van der Waals surface area (Å²) in [6.07, 6.45) is 3.50. The van der Waals surface area contributed by atoms with Crippen LogP contribution < -0.4 is 16.1 Å². The highest BCUT2D eigenvalue weighted by Gasteiger charge is 2.40. The molecule has 166 valence electrons. The van der Waals surface area contributed by atoms with Gasteiger partial charge in [0.1, 0.15) is 6.04 Å². The summed E-state index contributed by atoms with van der Waals surface area (Å²) in [6.45, 7) is 0.0636. The van der Waals surface area contributed by atoms with Gasteiger partial charge in [0.15, 0.2) is 0 Å². The maximum absolute atomic E-state index is 12.8. The van der Waals surface area contributed by atoms with Gasteiger partial charge in [0.05, 0.1) is 5.69 Å². The van der Waals surface area contributed by atoms with Gasteiger partial charge in [0, 0.05) is 36.9 Å². The van der Waals surface area contributed by atoms with Gasteiger partial charge in [-0.15, -0.1) is 0 Å². The summed E-state index contributed by atoms with van der Waals surface area (Å²) in [5.74, 6) is -2.12. The Morgan fingerprint density at radius 1 is 1.13 bits per heavy atom. The largest absolute Gasteiger partial charge is 0.370 e. The molecule has 0 bridgehead atoms. The van der Waals surface area contributed by atoms with Crippen molar-refractivity contribution >= 4 is 35.2 Å². The lowest BCUT2D eigenvalue weighted by Crippen LogP contribution is -2.52. The number of imide groups is 1. The van der Waals surface area contributed by atoms with Crippen molar-refractivity contribution in [1.29, 1.82) is 0 Å². The van der Waals surface area contributed by atoms with Gasteiger partial charge >= 0.3 is 0 Å². The van der Waals surface area contributed by atoms with E-state index >= 15 is 0 Å². The van der Waals surface area contributed by atoms with Gasteiger partial charge in [-0.05, 0) is 31.4 Å². The first-order valence-corrected chi connectivity index (χ1v) is 10.4. The van der Waals surface area contributed by atoms with E-state index in [9.17, 15) is 29.2 Å². The second-order valence-electron chi connectivity index (χ2n) is 7.79. The van der Waals surface area contributed by atoms with Gasteiger partial charge in [-0.2, -0.15) is 5.06 Å². The van der Waals surface area contributed by atoms with Crippen LogP contribution in [-0.2, 0) is 25.7 Å². The van der Waals surface area contributed by atoms with Crippen LogP contribution in [0.3, 0.4) is 0 Å². The zero-order valence-electron chi connectivity index (χ0n) is 17.1. The number of nitrogens with two attached hydrogens (primary N) is 1. The second-order valence-corrected chi connectivity index (χ2v) is 7.79. The Balaban J connectivity index is 1.63. The molecule has 4 N–H and O–H groups in total. The van der Waals surface area contributed by atoms with Crippen molar-refractivity contribution < 1.29 is 29.2 Å². The Bertz CT molecular complexity index is 915. The van der Waals surface area contributed by atoms with E-state index in [4.69, 9.17) is 5.73 Å². The van der Waals surface area contributed by atoms with E-state index in [1.807, 2.05) is 0 Å². The molecule has 0 saturated carbocycles. The average molecular weight is 430 g/mol. The minimum absolute atomic E-state index is 0.0636. The molecule has 1 aromatic carbocycles. The van der Waals surface area contributed by atoms with Gasteiger partial charge < -0.3 is 10.6 Å². The Labute approximate surface area is 179 Å². The number of hydrogen-bond donors (Lipinski definition) is 3. The fourth-order valence-electron chi connectivity index (χ4n) is 3.94. The molecule has 5 amide bonds. The molecule has 2 aliphatic heterocycles. The van der Waals surface area contributed by atoms with Crippen molar-refractivity contribution in [2.24, 2.45) is 5.73 Å².